The van der Waals surface area contributed by atoms with Crippen LogP contribution in [0.2, 0.25) is 0 Å². The summed E-state index contributed by atoms with van der Waals surface area (Å²) in [7, 11) is -9.02. The molecule has 0 fully saturated rings. The summed E-state index contributed by atoms with van der Waals surface area (Å²) in [5.41, 5.74) is 0.943. The van der Waals surface area contributed by atoms with E-state index in [4.69, 9.17) is 0 Å². The minimum atomic E-state index is -4.51. The van der Waals surface area contributed by atoms with E-state index < -0.39 is 20.2 Å². The van der Waals surface area contributed by atoms with Crippen LogP contribution in [0.1, 0.15) is 11.1 Å². The molecule has 2 aromatic carbocycles. The average Bonchev–Trinajstić information content (AvgIpc) is 2.57. The minimum Gasteiger partial charge on any atom is -0.744 e. The Kier molecular flexibility index (Phi) is 12.2. The van der Waals surface area contributed by atoms with Crippen molar-refractivity contribution in [2.45, 2.75) is 9.79 Å². The molecule has 0 N–H and O–H groups in total. The summed E-state index contributed by atoms with van der Waals surface area (Å²) in [5, 5.41) is 0. The standard InChI is InChI=1S/C16H16N2O6S2.2Na/c19-25(20,21)15-5-1-3-13(9-15)11-17-7-8-18-12-14-4-2-6-16(10-14)26(22,23)24;;/h1-6,9-12H,7-8H2,(H,19,20,21)(H,22,23,24);;/q;2*+1/p-2. The maximum atomic E-state index is 10.9. The van der Waals surface area contributed by atoms with Gasteiger partial charge in [-0.2, -0.15) is 0 Å². The van der Waals surface area contributed by atoms with Gasteiger partial charge in [0.15, 0.2) is 0 Å². The smallest absolute Gasteiger partial charge is 0.744 e. The second kappa shape index (κ2) is 12.3. The first-order valence-electron chi connectivity index (χ1n) is 7.28. The van der Waals surface area contributed by atoms with Gasteiger partial charge < -0.3 is 9.11 Å². The predicted octanol–water partition coefficient (Wildman–Crippen LogP) is -4.96. The number of rotatable bonds is 7. The number of nitrogens with zero attached hydrogens (tertiary/aromatic N) is 2. The van der Waals surface area contributed by atoms with Crippen LogP contribution >= 0.6 is 0 Å². The molecule has 0 aliphatic heterocycles. The molecule has 0 heterocycles. The van der Waals surface area contributed by atoms with E-state index in [1.54, 1.807) is 12.1 Å². The Balaban J connectivity index is 0.00000364. The topological polar surface area (TPSA) is 139 Å². The van der Waals surface area contributed by atoms with E-state index in [1.165, 1.54) is 48.8 Å². The van der Waals surface area contributed by atoms with E-state index in [0.717, 1.165) is 0 Å². The van der Waals surface area contributed by atoms with Crippen molar-refractivity contribution in [3.8, 4) is 0 Å². The van der Waals surface area contributed by atoms with Crippen LogP contribution in [0, 0.1) is 0 Å². The summed E-state index contributed by atoms with van der Waals surface area (Å²) in [5.74, 6) is 0. The van der Waals surface area contributed by atoms with Crippen molar-refractivity contribution in [3.05, 3.63) is 59.7 Å². The molecule has 0 aromatic heterocycles. The molecule has 28 heavy (non-hydrogen) atoms. The van der Waals surface area contributed by atoms with Gasteiger partial charge in [0.2, 0.25) is 0 Å². The first-order chi connectivity index (χ1) is 12.2. The second-order valence-electron chi connectivity index (χ2n) is 5.12. The molecule has 0 bridgehead atoms. The quantitative estimate of drug-likeness (QED) is 0.183. The number of hydrogen-bond acceptors (Lipinski definition) is 8. The fourth-order valence-electron chi connectivity index (χ4n) is 1.96. The van der Waals surface area contributed by atoms with Crippen molar-refractivity contribution < 1.29 is 85.1 Å². The fraction of sp³-hybridized carbons (Fsp3) is 0.125. The van der Waals surface area contributed by atoms with Gasteiger partial charge in [-0.15, -0.1) is 0 Å². The Bertz CT molecular complexity index is 969. The molecular formula is C16H14N2Na2O6S2. The predicted molar refractivity (Wildman–Crippen MR) is 93.7 cm³/mol. The van der Waals surface area contributed by atoms with Crippen molar-refractivity contribution in [1.29, 1.82) is 0 Å². The first-order valence-corrected chi connectivity index (χ1v) is 10.1. The molecule has 0 aliphatic carbocycles. The number of hydrogen-bond donors (Lipinski definition) is 0. The van der Waals surface area contributed by atoms with Crippen LogP contribution in [0.3, 0.4) is 0 Å². The van der Waals surface area contributed by atoms with E-state index in [0.29, 0.717) is 24.2 Å². The van der Waals surface area contributed by atoms with Crippen LogP contribution in [-0.2, 0) is 20.2 Å². The SMILES string of the molecule is O=S(=O)([O-])c1cccc(C=NCCN=Cc2cccc(S(=O)(=O)[O-])c2)c1.[Na+].[Na+]. The molecule has 0 unspecified atom stereocenters. The second-order valence-corrected chi connectivity index (χ2v) is 7.88. The van der Waals surface area contributed by atoms with Crippen LogP contribution in [0.4, 0.5) is 0 Å². The molecule has 0 amide bonds. The summed E-state index contributed by atoms with van der Waals surface area (Å²) in [6.07, 6.45) is 2.85. The molecule has 2 aromatic rings. The van der Waals surface area contributed by atoms with Crippen molar-refractivity contribution in [3.63, 3.8) is 0 Å². The summed E-state index contributed by atoms with van der Waals surface area (Å²) < 4.78 is 65.7. The van der Waals surface area contributed by atoms with Gasteiger partial charge in [0.1, 0.15) is 20.2 Å². The van der Waals surface area contributed by atoms with Crippen molar-refractivity contribution in [2.75, 3.05) is 13.1 Å². The van der Waals surface area contributed by atoms with Crippen LogP contribution in [0.25, 0.3) is 0 Å². The maximum absolute atomic E-state index is 10.9. The summed E-state index contributed by atoms with van der Waals surface area (Å²) in [6.45, 7) is 0.592. The van der Waals surface area contributed by atoms with Gasteiger partial charge >= 0.3 is 59.1 Å². The zero-order valence-corrected chi connectivity index (χ0v) is 21.0. The van der Waals surface area contributed by atoms with Crippen molar-refractivity contribution in [1.82, 2.24) is 0 Å². The van der Waals surface area contributed by atoms with Crippen LogP contribution in [0.5, 0.6) is 0 Å². The Morgan fingerprint density at radius 2 is 1.07 bits per heavy atom. The molecule has 138 valence electrons. The van der Waals surface area contributed by atoms with Gasteiger partial charge in [0.25, 0.3) is 0 Å². The molecule has 0 aliphatic rings. The molecule has 0 spiro atoms. The molecule has 2 rings (SSSR count). The van der Waals surface area contributed by atoms with Crippen molar-refractivity contribution >= 4 is 32.7 Å². The first kappa shape index (κ1) is 27.6. The maximum Gasteiger partial charge on any atom is 1.00 e. The van der Waals surface area contributed by atoms with E-state index in [2.05, 4.69) is 9.98 Å². The van der Waals surface area contributed by atoms with E-state index >= 15 is 0 Å². The van der Waals surface area contributed by atoms with Crippen LogP contribution in [-0.4, -0.2) is 51.5 Å². The number of aliphatic imine (C=N–C) groups is 2. The van der Waals surface area contributed by atoms with E-state index in [9.17, 15) is 25.9 Å². The zero-order chi connectivity index (χ0) is 19.2. The number of benzene rings is 2. The third-order valence-corrected chi connectivity index (χ3v) is 4.80. The summed E-state index contributed by atoms with van der Waals surface area (Å²) >= 11 is 0. The van der Waals surface area contributed by atoms with Gasteiger partial charge in [0, 0.05) is 12.4 Å². The molecule has 0 saturated heterocycles. The molecule has 12 heteroatoms. The molecular weight excluding hydrogens is 426 g/mol. The van der Waals surface area contributed by atoms with Crippen molar-refractivity contribution in [2.24, 2.45) is 9.98 Å². The minimum absolute atomic E-state index is 0. The fourth-order valence-corrected chi connectivity index (χ4v) is 3.01. The zero-order valence-electron chi connectivity index (χ0n) is 15.3. The Morgan fingerprint density at radius 3 is 1.39 bits per heavy atom. The van der Waals surface area contributed by atoms with Crippen LogP contribution in [0.15, 0.2) is 68.3 Å². The largest absolute Gasteiger partial charge is 1.00 e. The Morgan fingerprint density at radius 1 is 0.714 bits per heavy atom. The molecule has 0 atom stereocenters. The van der Waals surface area contributed by atoms with Crippen LogP contribution < -0.4 is 59.1 Å². The average molecular weight is 440 g/mol. The Labute approximate surface area is 208 Å². The van der Waals surface area contributed by atoms with E-state index in [1.807, 2.05) is 0 Å². The third kappa shape index (κ3) is 9.40. The normalized spacial score (nSPS) is 11.9. The van der Waals surface area contributed by atoms with Gasteiger partial charge in [-0.3, -0.25) is 9.98 Å². The van der Waals surface area contributed by atoms with Gasteiger partial charge in [-0.1, -0.05) is 24.3 Å². The molecule has 0 radical (unpaired) electrons. The van der Waals surface area contributed by atoms with Gasteiger partial charge in [-0.25, -0.2) is 16.8 Å². The molecule has 0 saturated carbocycles. The molecule has 8 nitrogen and oxygen atoms in total. The summed E-state index contributed by atoms with van der Waals surface area (Å²) in [4.78, 5) is 7.49. The summed E-state index contributed by atoms with van der Waals surface area (Å²) in [6, 6.07) is 11.0. The Hall–Kier alpha value is -0.400. The van der Waals surface area contributed by atoms with Gasteiger partial charge in [0.05, 0.1) is 22.9 Å². The third-order valence-electron chi connectivity index (χ3n) is 3.13. The van der Waals surface area contributed by atoms with E-state index in [-0.39, 0.29) is 68.9 Å². The van der Waals surface area contributed by atoms with Gasteiger partial charge in [-0.05, 0) is 35.4 Å². The monoisotopic (exact) mass is 440 g/mol.